The van der Waals surface area contributed by atoms with Crippen LogP contribution >= 0.6 is 0 Å². The second-order valence-corrected chi connectivity index (χ2v) is 7.90. The quantitative estimate of drug-likeness (QED) is 0.616. The summed E-state index contributed by atoms with van der Waals surface area (Å²) < 4.78 is 34.9. The number of Topliss-reactive ketones (excluding diaryl/α,β-unsaturated/α-hetero) is 1. The second-order valence-electron chi connectivity index (χ2n) is 6.48. The van der Waals surface area contributed by atoms with Crippen LogP contribution in [0.2, 0.25) is 0 Å². The summed E-state index contributed by atoms with van der Waals surface area (Å²) in [5.74, 6) is -0.00520. The van der Waals surface area contributed by atoms with Crippen LogP contribution in [0.15, 0.2) is 59.5 Å². The Bertz CT molecular complexity index is 804. The number of ketones is 1. The second kappa shape index (κ2) is 12.4. The highest BCUT2D eigenvalue weighted by atomic mass is 32.2. The van der Waals surface area contributed by atoms with Crippen molar-refractivity contribution in [3.63, 3.8) is 0 Å². The first-order chi connectivity index (χ1) is 13.2. The number of nitrogens with two attached hydrogens (primary N) is 1. The predicted molar refractivity (Wildman–Crippen MR) is 110 cm³/mol. The number of ether oxygens (including phenoxy) is 1. The van der Waals surface area contributed by atoms with Crippen LogP contribution in [0.4, 0.5) is 0 Å². The van der Waals surface area contributed by atoms with Gasteiger partial charge >= 0.3 is 0 Å². The topological polar surface area (TPSA) is 107 Å². The van der Waals surface area contributed by atoms with Gasteiger partial charge in [0.25, 0.3) is 10.1 Å². The molecule has 0 aliphatic rings. The van der Waals surface area contributed by atoms with Crippen molar-refractivity contribution in [2.24, 2.45) is 5.73 Å². The van der Waals surface area contributed by atoms with Gasteiger partial charge in [0.2, 0.25) is 0 Å². The first kappa shape index (κ1) is 24.0. The van der Waals surface area contributed by atoms with Crippen LogP contribution in [0.1, 0.15) is 37.3 Å². The van der Waals surface area contributed by atoms with Gasteiger partial charge < -0.3 is 10.5 Å². The Labute approximate surface area is 167 Å². The largest absolute Gasteiger partial charge is 0.369 e. The maximum Gasteiger partial charge on any atom is 0.294 e. The van der Waals surface area contributed by atoms with E-state index in [1.54, 1.807) is 12.1 Å². The number of aryl methyl sites for hydroxylation is 1. The van der Waals surface area contributed by atoms with Gasteiger partial charge in [-0.1, -0.05) is 67.8 Å². The molecular formula is C21H29NO5S. The van der Waals surface area contributed by atoms with Gasteiger partial charge in [-0.25, -0.2) is 0 Å². The lowest BCUT2D eigenvalue weighted by molar-refractivity contribution is -0.125. The Balaban J connectivity index is 0.000000307. The SMILES string of the molecule is CCCCC(N)C(=O)COCc1ccccc1.Cc1ccc(S(=O)(=O)O)cc1. The number of hydrogen-bond acceptors (Lipinski definition) is 5. The third kappa shape index (κ3) is 9.75. The fraction of sp³-hybridized carbons (Fsp3) is 0.381. The van der Waals surface area contributed by atoms with Crippen molar-refractivity contribution >= 4 is 15.9 Å². The van der Waals surface area contributed by atoms with E-state index in [1.165, 1.54) is 12.1 Å². The summed E-state index contributed by atoms with van der Waals surface area (Å²) in [6, 6.07) is 15.4. The van der Waals surface area contributed by atoms with Gasteiger partial charge in [-0.05, 0) is 31.0 Å². The zero-order valence-corrected chi connectivity index (χ0v) is 17.2. The smallest absolute Gasteiger partial charge is 0.294 e. The Morgan fingerprint density at radius 1 is 1.11 bits per heavy atom. The highest BCUT2D eigenvalue weighted by Gasteiger charge is 2.12. The minimum absolute atomic E-state index is 0.00520. The Kier molecular flexibility index (Phi) is 10.6. The highest BCUT2D eigenvalue weighted by Crippen LogP contribution is 2.08. The molecule has 2 aromatic carbocycles. The summed E-state index contributed by atoms with van der Waals surface area (Å²) in [6.45, 7) is 4.50. The van der Waals surface area contributed by atoms with Crippen molar-refractivity contribution in [2.75, 3.05) is 6.61 Å². The van der Waals surface area contributed by atoms with E-state index in [9.17, 15) is 13.2 Å². The Hall–Kier alpha value is -2.06. The minimum atomic E-state index is -4.02. The van der Waals surface area contributed by atoms with Gasteiger partial charge in [0.15, 0.2) is 5.78 Å². The molecule has 154 valence electrons. The monoisotopic (exact) mass is 407 g/mol. The molecule has 0 aliphatic heterocycles. The average Bonchev–Trinajstić information content (AvgIpc) is 2.67. The van der Waals surface area contributed by atoms with E-state index in [4.69, 9.17) is 15.0 Å². The molecule has 7 heteroatoms. The molecule has 3 N–H and O–H groups in total. The molecule has 28 heavy (non-hydrogen) atoms. The van der Waals surface area contributed by atoms with E-state index in [-0.39, 0.29) is 23.3 Å². The molecule has 0 amide bonds. The Morgan fingerprint density at radius 3 is 2.25 bits per heavy atom. The maximum atomic E-state index is 11.6. The van der Waals surface area contributed by atoms with Crippen molar-refractivity contribution in [3.05, 3.63) is 65.7 Å². The van der Waals surface area contributed by atoms with Crippen LogP contribution in [0.3, 0.4) is 0 Å². The molecular weight excluding hydrogens is 378 g/mol. The van der Waals surface area contributed by atoms with Gasteiger partial charge in [-0.3, -0.25) is 9.35 Å². The standard InChI is InChI=1S/C14H21NO2.C7H8O3S/c1-2-3-9-13(15)14(16)11-17-10-12-7-5-4-6-8-12;1-6-2-4-7(5-3-6)11(8,9)10/h4-8,13H,2-3,9-11,15H2,1H3;2-5H,1H3,(H,8,9,10). The molecule has 0 saturated carbocycles. The summed E-state index contributed by atoms with van der Waals surface area (Å²) in [5, 5.41) is 0. The summed E-state index contributed by atoms with van der Waals surface area (Å²) >= 11 is 0. The van der Waals surface area contributed by atoms with Gasteiger partial charge in [0.1, 0.15) is 6.61 Å². The van der Waals surface area contributed by atoms with Crippen LogP contribution in [0.5, 0.6) is 0 Å². The molecule has 2 rings (SSSR count). The molecule has 1 atom stereocenters. The molecule has 0 aliphatic carbocycles. The fourth-order valence-corrected chi connectivity index (χ4v) is 2.73. The highest BCUT2D eigenvalue weighted by molar-refractivity contribution is 7.85. The Morgan fingerprint density at radius 2 is 1.71 bits per heavy atom. The van der Waals surface area contributed by atoms with Crippen LogP contribution in [0, 0.1) is 6.92 Å². The van der Waals surface area contributed by atoms with E-state index < -0.39 is 10.1 Å². The third-order valence-electron chi connectivity index (χ3n) is 3.96. The van der Waals surface area contributed by atoms with Crippen molar-refractivity contribution in [1.82, 2.24) is 0 Å². The normalized spacial score (nSPS) is 12.0. The van der Waals surface area contributed by atoms with Crippen molar-refractivity contribution in [1.29, 1.82) is 0 Å². The van der Waals surface area contributed by atoms with Crippen LogP contribution in [-0.4, -0.2) is 31.4 Å². The predicted octanol–water partition coefficient (Wildman–Crippen LogP) is 3.53. The van der Waals surface area contributed by atoms with Crippen molar-refractivity contribution < 1.29 is 22.5 Å². The number of unbranched alkanes of at least 4 members (excludes halogenated alkanes) is 1. The summed E-state index contributed by atoms with van der Waals surface area (Å²) in [7, 11) is -4.02. The van der Waals surface area contributed by atoms with Gasteiger partial charge in [0.05, 0.1) is 17.5 Å². The molecule has 2 aromatic rings. The van der Waals surface area contributed by atoms with Crippen LogP contribution in [-0.2, 0) is 26.3 Å². The average molecular weight is 408 g/mol. The van der Waals surface area contributed by atoms with Gasteiger partial charge in [-0.2, -0.15) is 8.42 Å². The molecule has 1 unspecified atom stereocenters. The van der Waals surface area contributed by atoms with E-state index in [1.807, 2.05) is 37.3 Å². The summed E-state index contributed by atoms with van der Waals surface area (Å²) in [5.41, 5.74) is 7.78. The van der Waals surface area contributed by atoms with E-state index in [2.05, 4.69) is 6.92 Å². The van der Waals surface area contributed by atoms with E-state index in [0.29, 0.717) is 6.61 Å². The molecule has 0 fully saturated rings. The minimum Gasteiger partial charge on any atom is -0.369 e. The number of hydrogen-bond donors (Lipinski definition) is 2. The lowest BCUT2D eigenvalue weighted by atomic mass is 10.1. The number of benzene rings is 2. The van der Waals surface area contributed by atoms with E-state index >= 15 is 0 Å². The molecule has 0 bridgehead atoms. The van der Waals surface area contributed by atoms with Crippen molar-refractivity contribution in [2.45, 2.75) is 50.7 Å². The van der Waals surface area contributed by atoms with Gasteiger partial charge in [-0.15, -0.1) is 0 Å². The first-order valence-electron chi connectivity index (χ1n) is 9.18. The molecule has 0 saturated heterocycles. The molecule has 0 heterocycles. The zero-order chi connectivity index (χ0) is 21.0. The van der Waals surface area contributed by atoms with Gasteiger partial charge in [0, 0.05) is 0 Å². The molecule has 0 spiro atoms. The summed E-state index contributed by atoms with van der Waals surface area (Å²) in [6.07, 6.45) is 2.81. The maximum absolute atomic E-state index is 11.6. The lowest BCUT2D eigenvalue weighted by Crippen LogP contribution is -2.33. The number of rotatable bonds is 9. The fourth-order valence-electron chi connectivity index (χ4n) is 2.25. The zero-order valence-electron chi connectivity index (χ0n) is 16.4. The lowest BCUT2D eigenvalue weighted by Gasteiger charge is -2.10. The summed E-state index contributed by atoms with van der Waals surface area (Å²) in [4.78, 5) is 11.5. The molecule has 0 aromatic heterocycles. The van der Waals surface area contributed by atoms with Crippen molar-refractivity contribution in [3.8, 4) is 0 Å². The van der Waals surface area contributed by atoms with E-state index in [0.717, 1.165) is 30.4 Å². The molecule has 0 radical (unpaired) electrons. The number of carbonyl (C=O) groups excluding carboxylic acids is 1. The third-order valence-corrected chi connectivity index (χ3v) is 4.82. The first-order valence-corrected chi connectivity index (χ1v) is 10.6. The number of carbonyl (C=O) groups is 1. The van der Waals surface area contributed by atoms with Crippen LogP contribution in [0.25, 0.3) is 0 Å². The molecule has 6 nitrogen and oxygen atoms in total. The van der Waals surface area contributed by atoms with Crippen LogP contribution < -0.4 is 5.73 Å².